The van der Waals surface area contributed by atoms with Gasteiger partial charge in [-0.1, -0.05) is 67.0 Å². The van der Waals surface area contributed by atoms with E-state index in [2.05, 4.69) is 20.2 Å². The summed E-state index contributed by atoms with van der Waals surface area (Å²) in [6, 6.07) is 9.62. The van der Waals surface area contributed by atoms with Crippen LogP contribution < -0.4 is 10.0 Å². The van der Waals surface area contributed by atoms with Crippen LogP contribution in [0.1, 0.15) is 25.8 Å². The first-order chi connectivity index (χ1) is 16.0. The zero-order chi connectivity index (χ0) is 25.0. The van der Waals surface area contributed by atoms with Gasteiger partial charge in [0, 0.05) is 11.6 Å². The third-order valence-electron chi connectivity index (χ3n) is 5.12. The minimum Gasteiger partial charge on any atom is -0.299 e. The van der Waals surface area contributed by atoms with Crippen molar-refractivity contribution in [2.45, 2.75) is 38.1 Å². The highest BCUT2D eigenvalue weighted by molar-refractivity contribution is 7.89. The molecule has 1 amide bonds. The number of hydrogen-bond acceptors (Lipinski definition) is 8. The topological polar surface area (TPSA) is 144 Å². The molecule has 1 aromatic heterocycles. The molecular formula is C21H22ClN5O5S2. The molecular weight excluding hydrogens is 502 g/mol. The van der Waals surface area contributed by atoms with E-state index in [-0.39, 0.29) is 21.0 Å². The van der Waals surface area contributed by atoms with Crippen LogP contribution in [0, 0.1) is 23.0 Å². The number of nitro groups is 1. The third-order valence-corrected chi connectivity index (χ3v) is 7.77. The first kappa shape index (κ1) is 25.7. The van der Waals surface area contributed by atoms with E-state index in [1.165, 1.54) is 0 Å². The van der Waals surface area contributed by atoms with Gasteiger partial charge in [-0.2, -0.15) is 4.72 Å². The van der Waals surface area contributed by atoms with Crippen LogP contribution >= 0.6 is 22.9 Å². The summed E-state index contributed by atoms with van der Waals surface area (Å²) in [5, 5.41) is 22.5. The first-order valence-electron chi connectivity index (χ1n) is 10.2. The Hall–Kier alpha value is -2.93. The van der Waals surface area contributed by atoms with Gasteiger partial charge in [0.15, 0.2) is 0 Å². The molecule has 13 heteroatoms. The summed E-state index contributed by atoms with van der Waals surface area (Å²) >= 11 is 6.94. The van der Waals surface area contributed by atoms with Crippen LogP contribution in [0.25, 0.3) is 10.6 Å². The average Bonchev–Trinajstić information content (AvgIpc) is 3.25. The molecule has 180 valence electrons. The number of sulfonamides is 1. The molecule has 2 N–H and O–H groups in total. The maximum Gasteiger partial charge on any atom is 0.289 e. The molecule has 0 radical (unpaired) electrons. The van der Waals surface area contributed by atoms with Gasteiger partial charge >= 0.3 is 0 Å². The smallest absolute Gasteiger partial charge is 0.289 e. The number of nitrogens with zero attached hydrogens (tertiary/aromatic N) is 3. The molecule has 0 bridgehead atoms. The van der Waals surface area contributed by atoms with E-state index in [9.17, 15) is 23.3 Å². The lowest BCUT2D eigenvalue weighted by molar-refractivity contribution is -0.384. The lowest BCUT2D eigenvalue weighted by Crippen LogP contribution is -2.47. The van der Waals surface area contributed by atoms with Crippen molar-refractivity contribution < 1.29 is 18.1 Å². The van der Waals surface area contributed by atoms with E-state index in [0.29, 0.717) is 11.4 Å². The minimum absolute atomic E-state index is 0.194. The van der Waals surface area contributed by atoms with Crippen LogP contribution in [0.5, 0.6) is 0 Å². The Bertz CT molecular complexity index is 1330. The Morgan fingerprint density at radius 3 is 2.62 bits per heavy atom. The van der Waals surface area contributed by atoms with E-state index in [1.807, 2.05) is 38.1 Å². The molecule has 0 saturated carbocycles. The Kier molecular flexibility index (Phi) is 7.97. The summed E-state index contributed by atoms with van der Waals surface area (Å²) in [6.45, 7) is 5.48. The van der Waals surface area contributed by atoms with Gasteiger partial charge in [0.1, 0.15) is 16.1 Å². The monoisotopic (exact) mass is 523 g/mol. The zero-order valence-electron chi connectivity index (χ0n) is 18.5. The number of benzene rings is 2. The highest BCUT2D eigenvalue weighted by Crippen LogP contribution is 2.29. The summed E-state index contributed by atoms with van der Waals surface area (Å²) in [7, 11) is -4.27. The number of carbonyl (C=O) groups excluding carboxylic acids is 1. The van der Waals surface area contributed by atoms with E-state index < -0.39 is 32.6 Å². The number of aryl methyl sites for hydroxylation is 1. The lowest BCUT2D eigenvalue weighted by atomic mass is 9.99. The minimum atomic E-state index is -4.27. The standard InChI is InChI=1S/C21H22ClN5O5S2/c1-4-13(3)18(26-34(31,32)15-8-9-16(22)17(11-15)27(29)30)19(28)23-21-25-24-20(33-21)14-7-5-6-12(2)10-14/h5-11,13,18,26H,4H2,1-3H3,(H,23,25,28). The quantitative estimate of drug-likeness (QED) is 0.312. The van der Waals surface area contributed by atoms with Gasteiger partial charge in [-0.3, -0.25) is 20.2 Å². The second-order valence-corrected chi connectivity index (χ2v) is 10.7. The van der Waals surface area contributed by atoms with Crippen molar-refractivity contribution in [2.75, 3.05) is 5.32 Å². The number of halogens is 1. The SMILES string of the molecule is CCC(C)C(NS(=O)(=O)c1ccc(Cl)c([N+](=O)[O-])c1)C(=O)Nc1nnc(-c2cccc(C)c2)s1. The number of rotatable bonds is 9. The highest BCUT2D eigenvalue weighted by Gasteiger charge is 2.31. The number of nitrogens with one attached hydrogen (secondary N) is 2. The van der Waals surface area contributed by atoms with Crippen molar-refractivity contribution in [3.05, 3.63) is 63.2 Å². The van der Waals surface area contributed by atoms with Crippen molar-refractivity contribution in [2.24, 2.45) is 5.92 Å². The summed E-state index contributed by atoms with van der Waals surface area (Å²) < 4.78 is 28.3. The summed E-state index contributed by atoms with van der Waals surface area (Å²) in [6.07, 6.45) is 0.492. The van der Waals surface area contributed by atoms with Crippen molar-refractivity contribution in [1.82, 2.24) is 14.9 Å². The van der Waals surface area contributed by atoms with Crippen molar-refractivity contribution in [1.29, 1.82) is 0 Å². The lowest BCUT2D eigenvalue weighted by Gasteiger charge is -2.22. The second-order valence-electron chi connectivity index (χ2n) is 7.63. The second kappa shape index (κ2) is 10.6. The van der Waals surface area contributed by atoms with Gasteiger partial charge in [0.2, 0.25) is 21.1 Å². The number of carbonyl (C=O) groups is 1. The molecule has 10 nitrogen and oxygen atoms in total. The highest BCUT2D eigenvalue weighted by atomic mass is 35.5. The molecule has 2 aromatic carbocycles. The van der Waals surface area contributed by atoms with Crippen LogP contribution in [0.2, 0.25) is 5.02 Å². The van der Waals surface area contributed by atoms with E-state index in [0.717, 1.165) is 40.7 Å². The molecule has 2 atom stereocenters. The Balaban J connectivity index is 1.83. The summed E-state index contributed by atoms with van der Waals surface area (Å²) in [4.78, 5) is 23.0. The molecule has 2 unspecified atom stereocenters. The number of amides is 1. The molecule has 34 heavy (non-hydrogen) atoms. The fourth-order valence-corrected chi connectivity index (χ4v) is 5.30. The molecule has 0 aliphatic rings. The van der Waals surface area contributed by atoms with Crippen LogP contribution in [-0.4, -0.2) is 35.5 Å². The molecule has 3 rings (SSSR count). The van der Waals surface area contributed by atoms with Gasteiger partial charge in [0.05, 0.1) is 9.82 Å². The fraction of sp³-hybridized carbons (Fsp3) is 0.286. The normalized spacial score (nSPS) is 13.3. The van der Waals surface area contributed by atoms with E-state index >= 15 is 0 Å². The Morgan fingerprint density at radius 2 is 1.97 bits per heavy atom. The average molecular weight is 524 g/mol. The number of nitro benzene ring substituents is 1. The maximum absolute atomic E-state index is 13.0. The molecule has 0 fully saturated rings. The largest absolute Gasteiger partial charge is 0.299 e. The van der Waals surface area contributed by atoms with Gasteiger partial charge in [-0.15, -0.1) is 10.2 Å². The van der Waals surface area contributed by atoms with Crippen molar-refractivity contribution >= 4 is 49.7 Å². The Labute approximate surface area is 205 Å². The first-order valence-corrected chi connectivity index (χ1v) is 12.9. The van der Waals surface area contributed by atoms with Crippen molar-refractivity contribution in [3.63, 3.8) is 0 Å². The maximum atomic E-state index is 13.0. The molecule has 1 heterocycles. The van der Waals surface area contributed by atoms with Gasteiger partial charge < -0.3 is 0 Å². The van der Waals surface area contributed by atoms with Gasteiger partial charge in [-0.25, -0.2) is 8.42 Å². The molecule has 0 aliphatic heterocycles. The summed E-state index contributed by atoms with van der Waals surface area (Å²) in [5.74, 6) is -1.01. The zero-order valence-corrected chi connectivity index (χ0v) is 20.9. The van der Waals surface area contributed by atoms with Crippen molar-refractivity contribution in [3.8, 4) is 10.6 Å². The van der Waals surface area contributed by atoms with Crippen LogP contribution in [0.3, 0.4) is 0 Å². The van der Waals surface area contributed by atoms with E-state index in [1.54, 1.807) is 6.92 Å². The third kappa shape index (κ3) is 5.95. The number of anilines is 1. The molecule has 0 aliphatic carbocycles. The number of aromatic nitrogens is 2. The summed E-state index contributed by atoms with van der Waals surface area (Å²) in [5.41, 5.74) is 1.35. The predicted octanol–water partition coefficient (Wildman–Crippen LogP) is 4.41. The van der Waals surface area contributed by atoms with Gasteiger partial charge in [-0.05, 0) is 31.0 Å². The molecule has 3 aromatic rings. The Morgan fingerprint density at radius 1 is 1.24 bits per heavy atom. The fourth-order valence-electron chi connectivity index (χ4n) is 3.05. The molecule has 0 spiro atoms. The van der Waals surface area contributed by atoms with Crippen LogP contribution in [0.4, 0.5) is 10.8 Å². The van der Waals surface area contributed by atoms with E-state index in [4.69, 9.17) is 11.6 Å². The molecule has 0 saturated heterocycles. The van der Waals surface area contributed by atoms with Crippen LogP contribution in [-0.2, 0) is 14.8 Å². The number of hydrogen-bond donors (Lipinski definition) is 2. The van der Waals surface area contributed by atoms with Crippen LogP contribution in [0.15, 0.2) is 47.4 Å². The van der Waals surface area contributed by atoms with Gasteiger partial charge in [0.25, 0.3) is 5.69 Å². The predicted molar refractivity (Wildman–Crippen MR) is 130 cm³/mol.